The molecule has 3 aliphatic rings. The van der Waals surface area contributed by atoms with Crippen molar-refractivity contribution in [1.82, 2.24) is 19.9 Å². The molecule has 4 aromatic heterocycles. The van der Waals surface area contributed by atoms with Crippen LogP contribution in [0.5, 0.6) is 0 Å². The van der Waals surface area contributed by atoms with E-state index in [-0.39, 0.29) is 22.0 Å². The van der Waals surface area contributed by atoms with E-state index in [9.17, 15) is 19.2 Å². The van der Waals surface area contributed by atoms with E-state index >= 15 is 0 Å². The molecule has 326 valence electrons. The molecule has 0 saturated carbocycles. The Morgan fingerprint density at radius 2 is 1.05 bits per heavy atom. The first-order valence-electron chi connectivity index (χ1n) is 21.5. The van der Waals surface area contributed by atoms with E-state index in [1.807, 2.05) is 97.1 Å². The Hall–Kier alpha value is -6.74. The molecular formula is C50H48N6O6S2. The van der Waals surface area contributed by atoms with Crippen LogP contribution in [0.25, 0.3) is 43.8 Å². The number of aromatic amines is 2. The van der Waals surface area contributed by atoms with Crippen molar-refractivity contribution in [3.05, 3.63) is 161 Å². The average Bonchev–Trinajstić information content (AvgIpc) is 4.14. The molecule has 8 aromatic rings. The third-order valence-corrected chi connectivity index (χ3v) is 13.5. The van der Waals surface area contributed by atoms with Crippen molar-refractivity contribution in [2.75, 3.05) is 24.3 Å². The molecule has 6 N–H and O–H groups in total. The van der Waals surface area contributed by atoms with Gasteiger partial charge >= 0.3 is 5.97 Å². The first-order chi connectivity index (χ1) is 31.2. The molecule has 0 atom stereocenters. The van der Waals surface area contributed by atoms with Crippen molar-refractivity contribution in [3.8, 4) is 22.3 Å². The number of aryl methyl sites for hydroxylation is 4. The van der Waals surface area contributed by atoms with E-state index in [0.29, 0.717) is 15.8 Å². The zero-order chi connectivity index (χ0) is 44.4. The fourth-order valence-electron chi connectivity index (χ4n) is 7.88. The first-order valence-corrected chi connectivity index (χ1v) is 23.1. The quantitative estimate of drug-likeness (QED) is 0.105. The van der Waals surface area contributed by atoms with Crippen LogP contribution in [0.3, 0.4) is 0 Å². The molecule has 64 heavy (non-hydrogen) atoms. The second kappa shape index (κ2) is 20.6. The number of nitrogens with one attached hydrogen (secondary N) is 3. The molecule has 0 spiro atoms. The van der Waals surface area contributed by atoms with Crippen molar-refractivity contribution in [1.29, 1.82) is 0 Å². The van der Waals surface area contributed by atoms with Crippen LogP contribution in [-0.2, 0) is 30.4 Å². The molecule has 1 saturated heterocycles. The molecule has 2 aliphatic carbocycles. The molecule has 4 aromatic carbocycles. The Morgan fingerprint density at radius 3 is 1.52 bits per heavy atom. The minimum atomic E-state index is -0.894. The van der Waals surface area contributed by atoms with Gasteiger partial charge in [0.15, 0.2) is 5.01 Å². The maximum absolute atomic E-state index is 12.6. The monoisotopic (exact) mass is 892 g/mol. The summed E-state index contributed by atoms with van der Waals surface area (Å²) in [5.41, 5.74) is 13.0. The number of aromatic nitrogens is 4. The van der Waals surface area contributed by atoms with Crippen LogP contribution in [0, 0.1) is 0 Å². The Balaban J connectivity index is 0.000000135. The molecule has 11 rings (SSSR count). The number of rotatable bonds is 5. The lowest BCUT2D eigenvalue weighted by Gasteiger charge is -2.08. The highest BCUT2D eigenvalue weighted by Gasteiger charge is 2.20. The number of hydrogen-bond acceptors (Lipinski definition) is 10. The number of ether oxygens (including phenoxy) is 1. The van der Waals surface area contributed by atoms with Crippen molar-refractivity contribution in [2.45, 2.75) is 64.2 Å². The van der Waals surface area contributed by atoms with E-state index in [0.717, 1.165) is 108 Å². The Labute approximate surface area is 377 Å². The highest BCUT2D eigenvalue weighted by molar-refractivity contribution is 7.14. The van der Waals surface area contributed by atoms with Gasteiger partial charge in [0.1, 0.15) is 0 Å². The van der Waals surface area contributed by atoms with Crippen molar-refractivity contribution >= 4 is 67.5 Å². The van der Waals surface area contributed by atoms with Crippen molar-refractivity contribution in [2.24, 2.45) is 0 Å². The van der Waals surface area contributed by atoms with E-state index in [2.05, 4.69) is 25.3 Å². The standard InChI is InChI=1S/C23H19N3O2S.C15H12N2O.C8H9NO2S.C4H8O/c27-21-17-6-2-1-5-16(17)18(13-24-21)14-9-11-15(12-10-14)25-22(28)23-26-19-7-3-4-8-20(19)29-23;16-11-7-5-10(6-8-11)14-9-17-15(18)13-4-2-1-3-12(13)14;10-8(11)7-9-5-3-1-2-4-6(5)12-7;1-2-4-5-3-1/h1-2,5-6,9-13H,3-4,7-8H2,(H,24,27)(H,25,28);1-9H,16H2,(H,17,18);1-4H2,(H,10,11);1-4H2. The molecule has 0 radical (unpaired) electrons. The number of carboxylic acids is 1. The number of nitrogens with zero attached hydrogens (tertiary/aromatic N) is 2. The molecule has 1 amide bonds. The molecule has 12 nitrogen and oxygen atoms in total. The summed E-state index contributed by atoms with van der Waals surface area (Å²) in [7, 11) is 0. The molecule has 0 bridgehead atoms. The van der Waals surface area contributed by atoms with Crippen LogP contribution in [-0.4, -0.2) is 50.1 Å². The van der Waals surface area contributed by atoms with Crippen LogP contribution in [0.4, 0.5) is 11.4 Å². The number of thiazole rings is 2. The number of H-pyrrole nitrogens is 2. The molecular weight excluding hydrogens is 845 g/mol. The number of hydrogen-bond donors (Lipinski definition) is 5. The lowest BCUT2D eigenvalue weighted by Crippen LogP contribution is -2.11. The summed E-state index contributed by atoms with van der Waals surface area (Å²) in [6.45, 7) is 2.00. The number of amides is 1. The van der Waals surface area contributed by atoms with Gasteiger partial charge in [-0.25, -0.2) is 14.8 Å². The van der Waals surface area contributed by atoms with Gasteiger partial charge in [-0.3, -0.25) is 14.4 Å². The smallest absolute Gasteiger partial charge is 0.365 e. The normalized spacial score (nSPS) is 13.8. The SMILES string of the molecule is C1CCOC1.Nc1ccc(-c2c[nH]c(=O)c3ccccc23)cc1.O=C(Nc1ccc(-c2c[nH]c(=O)c3ccccc23)cc1)c1nc2c(s1)CCCC2.O=C(O)c1nc2c(s1)CCCC2. The number of anilines is 2. The van der Waals surface area contributed by atoms with Crippen LogP contribution in [0.2, 0.25) is 0 Å². The van der Waals surface area contributed by atoms with Gasteiger partial charge in [0, 0.05) is 68.6 Å². The fraction of sp³-hybridized carbons (Fsp3) is 0.240. The van der Waals surface area contributed by atoms with Gasteiger partial charge in [-0.05, 0) is 123 Å². The summed E-state index contributed by atoms with van der Waals surface area (Å²) in [6.07, 6.45) is 14.7. The van der Waals surface area contributed by atoms with Crippen molar-refractivity contribution in [3.63, 3.8) is 0 Å². The summed E-state index contributed by atoms with van der Waals surface area (Å²) in [4.78, 5) is 63.5. The third kappa shape index (κ3) is 10.5. The van der Waals surface area contributed by atoms with Crippen molar-refractivity contribution < 1.29 is 19.4 Å². The minimum Gasteiger partial charge on any atom is -0.476 e. The topological polar surface area (TPSA) is 193 Å². The predicted molar refractivity (Wildman–Crippen MR) is 257 cm³/mol. The van der Waals surface area contributed by atoms with E-state index in [1.165, 1.54) is 58.1 Å². The third-order valence-electron chi connectivity index (χ3n) is 11.2. The number of carbonyl (C=O) groups is 2. The second-order valence-electron chi connectivity index (χ2n) is 15.6. The van der Waals surface area contributed by atoms with Gasteiger partial charge in [-0.2, -0.15) is 0 Å². The summed E-state index contributed by atoms with van der Waals surface area (Å²) >= 11 is 2.84. The molecule has 5 heterocycles. The summed E-state index contributed by atoms with van der Waals surface area (Å²) < 4.78 is 4.94. The zero-order valence-corrected chi connectivity index (χ0v) is 36.8. The maximum Gasteiger partial charge on any atom is 0.365 e. The lowest BCUT2D eigenvalue weighted by molar-refractivity contribution is 0.0696. The number of aromatic carboxylic acids is 1. The van der Waals surface area contributed by atoms with Gasteiger partial charge in [0.25, 0.3) is 17.0 Å². The Kier molecular flexibility index (Phi) is 14.1. The number of pyridine rings is 2. The van der Waals surface area contributed by atoms with Crippen LogP contribution < -0.4 is 22.2 Å². The van der Waals surface area contributed by atoms with Gasteiger partial charge in [-0.1, -0.05) is 60.7 Å². The average molecular weight is 893 g/mol. The van der Waals surface area contributed by atoms with Gasteiger partial charge in [0.2, 0.25) is 5.01 Å². The fourth-order valence-corrected chi connectivity index (χ4v) is 9.91. The summed E-state index contributed by atoms with van der Waals surface area (Å²) in [5, 5.41) is 15.6. The molecule has 1 aliphatic heterocycles. The van der Waals surface area contributed by atoms with Crippen LogP contribution >= 0.6 is 22.7 Å². The number of nitrogens with two attached hydrogens (primary N) is 1. The van der Waals surface area contributed by atoms with Crippen LogP contribution in [0.1, 0.15) is 79.3 Å². The minimum absolute atomic E-state index is 0.0650. The van der Waals surface area contributed by atoms with E-state index < -0.39 is 5.97 Å². The Morgan fingerprint density at radius 1 is 0.594 bits per heavy atom. The zero-order valence-electron chi connectivity index (χ0n) is 35.2. The van der Waals surface area contributed by atoms with Gasteiger partial charge in [0.05, 0.1) is 11.4 Å². The highest BCUT2D eigenvalue weighted by atomic mass is 32.1. The van der Waals surface area contributed by atoms with E-state index in [4.69, 9.17) is 15.6 Å². The summed E-state index contributed by atoms with van der Waals surface area (Å²) in [5.74, 6) is -1.05. The summed E-state index contributed by atoms with van der Waals surface area (Å²) in [6, 6.07) is 30.4. The lowest BCUT2D eigenvalue weighted by atomic mass is 10.0. The van der Waals surface area contributed by atoms with Gasteiger partial charge < -0.3 is 30.9 Å². The number of fused-ring (bicyclic) bond motifs is 4. The maximum atomic E-state index is 12.6. The largest absolute Gasteiger partial charge is 0.476 e. The number of benzene rings is 4. The molecule has 14 heteroatoms. The second-order valence-corrected chi connectivity index (χ2v) is 17.8. The molecule has 0 unspecified atom stereocenters. The highest BCUT2D eigenvalue weighted by Crippen LogP contribution is 2.30. The van der Waals surface area contributed by atoms with Crippen LogP contribution in [0.15, 0.2) is 119 Å². The first kappa shape index (κ1) is 43.9. The molecule has 1 fully saturated rings. The predicted octanol–water partition coefficient (Wildman–Crippen LogP) is 10.1. The van der Waals surface area contributed by atoms with Gasteiger partial charge in [-0.15, -0.1) is 22.7 Å². The Bertz CT molecular complexity index is 2970. The number of carboxylic acid groups (broad SMARTS) is 1. The number of nitrogen functional groups attached to an aromatic ring is 1. The van der Waals surface area contributed by atoms with E-state index in [1.54, 1.807) is 12.4 Å². The number of carbonyl (C=O) groups excluding carboxylic acids is 1.